The fourth-order valence-corrected chi connectivity index (χ4v) is 0. The molecular formula is C2H5NO3. The highest BCUT2D eigenvalue weighted by Gasteiger charge is 1.93. The van der Waals surface area contributed by atoms with Crippen molar-refractivity contribution in [2.24, 2.45) is 0 Å². The van der Waals surface area contributed by atoms with Crippen molar-refractivity contribution in [3.8, 4) is 0 Å². The lowest BCUT2D eigenvalue weighted by atomic mass is 10.8. The Labute approximate surface area is 34.5 Å². The average molecular weight is 91.1 g/mol. The molecule has 4 heteroatoms. The Bertz CT molecular complexity index is 59.8. The van der Waals surface area contributed by atoms with E-state index in [0.717, 1.165) is 6.92 Å². The van der Waals surface area contributed by atoms with Gasteiger partial charge in [-0.15, -0.1) is 0 Å². The standard InChI is InChI=1S/C2H5NO3/c1-2(4)3(5)6/h5-6H,1H3. The van der Waals surface area contributed by atoms with Crippen molar-refractivity contribution in [1.29, 1.82) is 0 Å². The predicted octanol–water partition coefficient (Wildman–Crippen LogP) is -0.387. The van der Waals surface area contributed by atoms with Crippen LogP contribution in [0.15, 0.2) is 0 Å². The summed E-state index contributed by atoms with van der Waals surface area (Å²) in [6, 6.07) is 0. The molecule has 0 radical (unpaired) electrons. The third-order valence-corrected chi connectivity index (χ3v) is 0.282. The zero-order valence-electron chi connectivity index (χ0n) is 3.25. The highest BCUT2D eigenvalue weighted by Crippen LogP contribution is 1.68. The van der Waals surface area contributed by atoms with Gasteiger partial charge >= 0.3 is 0 Å². The molecule has 0 heterocycles. The molecule has 0 aliphatic heterocycles. The Hall–Kier alpha value is -0.610. The third-order valence-electron chi connectivity index (χ3n) is 0.282. The molecule has 4 nitrogen and oxygen atoms in total. The summed E-state index contributed by atoms with van der Waals surface area (Å²) >= 11 is 0. The number of nitrogens with zero attached hydrogens (tertiary/aromatic N) is 1. The zero-order valence-corrected chi connectivity index (χ0v) is 3.25. The van der Waals surface area contributed by atoms with Crippen LogP contribution in [0, 0.1) is 0 Å². The number of carbonyl (C=O) groups excluding carboxylic acids is 1. The normalized spacial score (nSPS) is 7.83. The first-order valence-electron chi connectivity index (χ1n) is 1.33. The predicted molar refractivity (Wildman–Crippen MR) is 16.1 cm³/mol. The minimum atomic E-state index is -0.796. The summed E-state index contributed by atoms with van der Waals surface area (Å²) in [5, 5.41) is 14.9. The van der Waals surface area contributed by atoms with Crippen LogP contribution in [-0.2, 0) is 4.79 Å². The summed E-state index contributed by atoms with van der Waals surface area (Å²) in [5.41, 5.74) is 0. The molecule has 6 heavy (non-hydrogen) atoms. The molecule has 0 aromatic rings. The fraction of sp³-hybridized carbons (Fsp3) is 0.500. The van der Waals surface area contributed by atoms with E-state index in [2.05, 4.69) is 0 Å². The second-order valence-electron chi connectivity index (χ2n) is 0.808. The van der Waals surface area contributed by atoms with Gasteiger partial charge in [-0.1, -0.05) is 5.23 Å². The molecule has 0 atom stereocenters. The van der Waals surface area contributed by atoms with Crippen LogP contribution in [0.25, 0.3) is 0 Å². The van der Waals surface area contributed by atoms with Gasteiger partial charge in [0.2, 0.25) is 0 Å². The van der Waals surface area contributed by atoms with Crippen molar-refractivity contribution in [2.75, 3.05) is 0 Å². The maximum Gasteiger partial charge on any atom is 0.270 e. The first kappa shape index (κ1) is 5.39. The number of hydroxylamine groups is 2. The van der Waals surface area contributed by atoms with Gasteiger partial charge in [0.05, 0.1) is 0 Å². The largest absolute Gasteiger partial charge is 0.270 e. The van der Waals surface area contributed by atoms with Crippen LogP contribution in [0.4, 0.5) is 0 Å². The van der Waals surface area contributed by atoms with Crippen molar-refractivity contribution >= 4 is 5.91 Å². The van der Waals surface area contributed by atoms with E-state index in [4.69, 9.17) is 10.4 Å². The highest BCUT2D eigenvalue weighted by atomic mass is 16.8. The molecule has 0 aromatic carbocycles. The Morgan fingerprint density at radius 3 is 1.83 bits per heavy atom. The van der Waals surface area contributed by atoms with Gasteiger partial charge in [0.15, 0.2) is 0 Å². The van der Waals surface area contributed by atoms with Crippen LogP contribution in [-0.4, -0.2) is 21.5 Å². The Kier molecular flexibility index (Phi) is 1.56. The van der Waals surface area contributed by atoms with Crippen LogP contribution < -0.4 is 0 Å². The molecule has 0 unspecified atom stereocenters. The molecule has 0 aliphatic rings. The van der Waals surface area contributed by atoms with Gasteiger partial charge in [-0.25, -0.2) is 0 Å². The lowest BCUT2D eigenvalue weighted by Gasteiger charge is -1.96. The summed E-state index contributed by atoms with van der Waals surface area (Å²) in [6.07, 6.45) is 0. The lowest BCUT2D eigenvalue weighted by molar-refractivity contribution is -0.283. The molecule has 0 aliphatic carbocycles. The lowest BCUT2D eigenvalue weighted by Crippen LogP contribution is -2.18. The van der Waals surface area contributed by atoms with E-state index in [0.29, 0.717) is 0 Å². The van der Waals surface area contributed by atoms with Crippen LogP contribution in [0.1, 0.15) is 6.92 Å². The van der Waals surface area contributed by atoms with E-state index in [1.165, 1.54) is 0 Å². The number of hydrogen-bond donors (Lipinski definition) is 2. The number of rotatable bonds is 0. The molecule has 0 fully saturated rings. The van der Waals surface area contributed by atoms with Gasteiger partial charge in [0, 0.05) is 6.92 Å². The van der Waals surface area contributed by atoms with Gasteiger partial charge in [-0.3, -0.25) is 15.2 Å². The van der Waals surface area contributed by atoms with Crippen LogP contribution in [0.2, 0.25) is 0 Å². The third kappa shape index (κ3) is 1.68. The summed E-state index contributed by atoms with van der Waals surface area (Å²) in [7, 11) is 0. The fourth-order valence-electron chi connectivity index (χ4n) is 0. The van der Waals surface area contributed by atoms with E-state index in [-0.39, 0.29) is 0 Å². The average Bonchev–Trinajstić information content (AvgIpc) is 1.36. The quantitative estimate of drug-likeness (QED) is 0.315. The molecule has 0 bridgehead atoms. The second kappa shape index (κ2) is 1.74. The van der Waals surface area contributed by atoms with Gasteiger partial charge < -0.3 is 0 Å². The van der Waals surface area contributed by atoms with Crippen molar-refractivity contribution in [3.05, 3.63) is 0 Å². The Morgan fingerprint density at radius 2 is 1.83 bits per heavy atom. The second-order valence-corrected chi connectivity index (χ2v) is 0.808. The topological polar surface area (TPSA) is 60.8 Å². The summed E-state index contributed by atoms with van der Waals surface area (Å²) in [6.45, 7) is 1.03. The van der Waals surface area contributed by atoms with Gasteiger partial charge in [-0.2, -0.15) is 0 Å². The number of amides is 1. The summed E-state index contributed by atoms with van der Waals surface area (Å²) in [4.78, 5) is 9.57. The molecule has 36 valence electrons. The first-order valence-corrected chi connectivity index (χ1v) is 1.33. The highest BCUT2D eigenvalue weighted by molar-refractivity contribution is 5.70. The van der Waals surface area contributed by atoms with Gasteiger partial charge in [0.25, 0.3) is 5.91 Å². The van der Waals surface area contributed by atoms with E-state index in [1.54, 1.807) is 0 Å². The maximum absolute atomic E-state index is 9.57. The van der Waals surface area contributed by atoms with Crippen LogP contribution >= 0.6 is 0 Å². The molecule has 0 rings (SSSR count). The van der Waals surface area contributed by atoms with Crippen molar-refractivity contribution in [1.82, 2.24) is 5.23 Å². The maximum atomic E-state index is 9.57. The summed E-state index contributed by atoms with van der Waals surface area (Å²) < 4.78 is 0. The van der Waals surface area contributed by atoms with Gasteiger partial charge in [0.1, 0.15) is 0 Å². The molecule has 0 saturated heterocycles. The monoisotopic (exact) mass is 91.0 g/mol. The molecule has 1 amide bonds. The Balaban J connectivity index is 3.26. The minimum absolute atomic E-state index is 0.472. The molecule has 0 spiro atoms. The SMILES string of the molecule is CC(=O)N(O)O. The van der Waals surface area contributed by atoms with E-state index in [1.807, 2.05) is 0 Å². The van der Waals surface area contributed by atoms with Crippen molar-refractivity contribution < 1.29 is 15.2 Å². The van der Waals surface area contributed by atoms with E-state index >= 15 is 0 Å². The number of carbonyl (C=O) groups is 1. The summed E-state index contributed by atoms with van der Waals surface area (Å²) in [5.74, 6) is -0.796. The molecule has 2 N–H and O–H groups in total. The molecule has 0 aromatic heterocycles. The minimum Gasteiger partial charge on any atom is -0.270 e. The Morgan fingerprint density at radius 1 is 1.67 bits per heavy atom. The first-order chi connectivity index (χ1) is 2.64. The van der Waals surface area contributed by atoms with E-state index < -0.39 is 11.1 Å². The molecule has 0 saturated carbocycles. The van der Waals surface area contributed by atoms with Gasteiger partial charge in [-0.05, 0) is 0 Å². The number of hydrogen-bond acceptors (Lipinski definition) is 3. The van der Waals surface area contributed by atoms with Crippen LogP contribution in [0.3, 0.4) is 0 Å². The van der Waals surface area contributed by atoms with Crippen molar-refractivity contribution in [2.45, 2.75) is 6.92 Å². The molecular weight excluding hydrogens is 86.0 g/mol. The van der Waals surface area contributed by atoms with Crippen molar-refractivity contribution in [3.63, 3.8) is 0 Å². The van der Waals surface area contributed by atoms with Crippen LogP contribution in [0.5, 0.6) is 0 Å². The van der Waals surface area contributed by atoms with E-state index in [9.17, 15) is 4.79 Å². The smallest absolute Gasteiger partial charge is 0.270 e. The zero-order chi connectivity index (χ0) is 5.15.